The quantitative estimate of drug-likeness (QED) is 0.734. The van der Waals surface area contributed by atoms with E-state index >= 15 is 0 Å². The van der Waals surface area contributed by atoms with Crippen molar-refractivity contribution < 1.29 is 13.5 Å². The van der Waals surface area contributed by atoms with Crippen LogP contribution in [-0.4, -0.2) is 32.1 Å². The van der Waals surface area contributed by atoms with E-state index in [9.17, 15) is 8.42 Å². The molecule has 0 bridgehead atoms. The number of thioether (sulfide) groups is 1. The van der Waals surface area contributed by atoms with Gasteiger partial charge < -0.3 is 5.11 Å². The van der Waals surface area contributed by atoms with Gasteiger partial charge in [-0.3, -0.25) is 0 Å². The van der Waals surface area contributed by atoms with E-state index < -0.39 is 10.0 Å². The smallest absolute Gasteiger partial charge is 0.240 e. The zero-order valence-corrected chi connectivity index (χ0v) is 11.4. The van der Waals surface area contributed by atoms with Crippen LogP contribution in [0.25, 0.3) is 0 Å². The predicted molar refractivity (Wildman–Crippen MR) is 70.6 cm³/mol. The highest BCUT2D eigenvalue weighted by molar-refractivity contribution is 7.98. The molecule has 0 heterocycles. The first kappa shape index (κ1) is 14.5. The standard InChI is InChI=1S/C11H17NO3S2/c1-16-7-3-6-12-17(14,15)11-5-2-4-10(8-11)9-13/h2,4-5,8,12-13H,3,6-7,9H2,1H3. The Balaban J connectivity index is 2.68. The van der Waals surface area contributed by atoms with E-state index in [2.05, 4.69) is 4.72 Å². The van der Waals surface area contributed by atoms with E-state index in [1.807, 2.05) is 6.26 Å². The van der Waals surface area contributed by atoms with Crippen LogP contribution in [0, 0.1) is 0 Å². The molecule has 96 valence electrons. The lowest BCUT2D eigenvalue weighted by Gasteiger charge is -2.07. The number of rotatable bonds is 7. The highest BCUT2D eigenvalue weighted by Crippen LogP contribution is 2.11. The second kappa shape index (κ2) is 7.00. The summed E-state index contributed by atoms with van der Waals surface area (Å²) in [5.74, 6) is 0.930. The van der Waals surface area contributed by atoms with E-state index in [-0.39, 0.29) is 11.5 Å². The monoisotopic (exact) mass is 275 g/mol. The van der Waals surface area contributed by atoms with Crippen molar-refractivity contribution in [3.8, 4) is 0 Å². The fourth-order valence-corrected chi connectivity index (χ4v) is 2.89. The molecule has 0 unspecified atom stereocenters. The van der Waals surface area contributed by atoms with Crippen molar-refractivity contribution in [1.82, 2.24) is 4.72 Å². The van der Waals surface area contributed by atoms with Gasteiger partial charge in [0.1, 0.15) is 0 Å². The van der Waals surface area contributed by atoms with E-state index in [0.29, 0.717) is 12.1 Å². The molecule has 2 N–H and O–H groups in total. The third-order valence-electron chi connectivity index (χ3n) is 2.21. The molecule has 0 saturated carbocycles. The largest absolute Gasteiger partial charge is 0.392 e. The third kappa shape index (κ3) is 4.67. The molecule has 0 aliphatic carbocycles. The summed E-state index contributed by atoms with van der Waals surface area (Å²) in [5.41, 5.74) is 0.594. The Kier molecular flexibility index (Phi) is 5.97. The Morgan fingerprint density at radius 3 is 2.82 bits per heavy atom. The van der Waals surface area contributed by atoms with Gasteiger partial charge in [-0.2, -0.15) is 11.8 Å². The summed E-state index contributed by atoms with van der Waals surface area (Å²) in [6, 6.07) is 6.32. The number of hydrogen-bond donors (Lipinski definition) is 2. The number of aliphatic hydroxyl groups is 1. The molecular weight excluding hydrogens is 258 g/mol. The van der Waals surface area contributed by atoms with Crippen molar-refractivity contribution in [3.05, 3.63) is 29.8 Å². The van der Waals surface area contributed by atoms with Gasteiger partial charge in [0.25, 0.3) is 0 Å². The van der Waals surface area contributed by atoms with Gasteiger partial charge in [0.05, 0.1) is 11.5 Å². The minimum absolute atomic E-state index is 0.157. The molecule has 0 saturated heterocycles. The molecule has 0 atom stereocenters. The summed E-state index contributed by atoms with van der Waals surface area (Å²) < 4.78 is 26.3. The first-order chi connectivity index (χ1) is 8.10. The van der Waals surface area contributed by atoms with Gasteiger partial charge in [-0.15, -0.1) is 0 Å². The molecule has 0 aliphatic heterocycles. The lowest BCUT2D eigenvalue weighted by Crippen LogP contribution is -2.25. The van der Waals surface area contributed by atoms with Crippen molar-refractivity contribution in [2.45, 2.75) is 17.9 Å². The first-order valence-corrected chi connectivity index (χ1v) is 8.16. The van der Waals surface area contributed by atoms with Crippen LogP contribution in [0.4, 0.5) is 0 Å². The second-order valence-corrected chi connectivity index (χ2v) is 6.30. The molecule has 0 spiro atoms. The maximum absolute atomic E-state index is 11.9. The number of benzene rings is 1. The highest BCUT2D eigenvalue weighted by Gasteiger charge is 2.13. The predicted octanol–water partition coefficient (Wildman–Crippen LogP) is 1.21. The molecule has 1 rings (SSSR count). The molecule has 1 aromatic carbocycles. The van der Waals surface area contributed by atoms with Crippen molar-refractivity contribution in [1.29, 1.82) is 0 Å². The summed E-state index contributed by atoms with van der Waals surface area (Å²) in [4.78, 5) is 0.202. The molecule has 4 nitrogen and oxygen atoms in total. The third-order valence-corrected chi connectivity index (χ3v) is 4.36. The molecule has 0 radical (unpaired) electrons. The normalized spacial score (nSPS) is 11.6. The van der Waals surface area contributed by atoms with E-state index in [1.54, 1.807) is 23.9 Å². The molecule has 17 heavy (non-hydrogen) atoms. The topological polar surface area (TPSA) is 66.4 Å². The van der Waals surface area contributed by atoms with Gasteiger partial charge in [-0.05, 0) is 36.1 Å². The zero-order valence-electron chi connectivity index (χ0n) is 9.72. The Hall–Kier alpha value is -0.560. The molecular formula is C11H17NO3S2. The van der Waals surface area contributed by atoms with Gasteiger partial charge >= 0.3 is 0 Å². The van der Waals surface area contributed by atoms with E-state index in [0.717, 1.165) is 12.2 Å². The van der Waals surface area contributed by atoms with E-state index in [4.69, 9.17) is 5.11 Å². The molecule has 0 amide bonds. The number of sulfonamides is 1. The van der Waals surface area contributed by atoms with Crippen LogP contribution < -0.4 is 4.72 Å². The second-order valence-electron chi connectivity index (χ2n) is 3.55. The summed E-state index contributed by atoms with van der Waals surface area (Å²) in [7, 11) is -3.44. The van der Waals surface area contributed by atoms with Gasteiger partial charge in [-0.1, -0.05) is 12.1 Å². The number of aliphatic hydroxyl groups excluding tert-OH is 1. The Morgan fingerprint density at radius 1 is 1.41 bits per heavy atom. The Morgan fingerprint density at radius 2 is 2.18 bits per heavy atom. The minimum atomic E-state index is -3.44. The summed E-state index contributed by atoms with van der Waals surface area (Å²) in [6.07, 6.45) is 2.79. The molecule has 0 aliphatic rings. The molecule has 6 heteroatoms. The van der Waals surface area contributed by atoms with Gasteiger partial charge in [0.15, 0.2) is 0 Å². The van der Waals surface area contributed by atoms with Crippen molar-refractivity contribution in [2.75, 3.05) is 18.6 Å². The molecule has 0 aromatic heterocycles. The Labute approximate surface area is 106 Å². The average molecular weight is 275 g/mol. The van der Waals surface area contributed by atoms with Crippen LogP contribution in [0.1, 0.15) is 12.0 Å². The fraction of sp³-hybridized carbons (Fsp3) is 0.455. The lowest BCUT2D eigenvalue weighted by atomic mass is 10.2. The first-order valence-electron chi connectivity index (χ1n) is 5.28. The van der Waals surface area contributed by atoms with E-state index in [1.165, 1.54) is 12.1 Å². The summed E-state index contributed by atoms with van der Waals surface area (Å²) >= 11 is 1.69. The van der Waals surface area contributed by atoms with Crippen LogP contribution in [-0.2, 0) is 16.6 Å². The average Bonchev–Trinajstić information content (AvgIpc) is 2.35. The SMILES string of the molecule is CSCCCNS(=O)(=O)c1cccc(CO)c1. The number of hydrogen-bond acceptors (Lipinski definition) is 4. The molecule has 1 aromatic rings. The van der Waals surface area contributed by atoms with Crippen LogP contribution >= 0.6 is 11.8 Å². The van der Waals surface area contributed by atoms with Crippen LogP contribution in [0.15, 0.2) is 29.2 Å². The van der Waals surface area contributed by atoms with Crippen molar-refractivity contribution in [3.63, 3.8) is 0 Å². The van der Waals surface area contributed by atoms with Gasteiger partial charge in [0.2, 0.25) is 10.0 Å². The van der Waals surface area contributed by atoms with Crippen molar-refractivity contribution >= 4 is 21.8 Å². The lowest BCUT2D eigenvalue weighted by molar-refractivity contribution is 0.281. The fourth-order valence-electron chi connectivity index (χ4n) is 1.32. The highest BCUT2D eigenvalue weighted by atomic mass is 32.2. The van der Waals surface area contributed by atoms with Crippen molar-refractivity contribution in [2.24, 2.45) is 0 Å². The van der Waals surface area contributed by atoms with Crippen LogP contribution in [0.5, 0.6) is 0 Å². The summed E-state index contributed by atoms with van der Waals surface area (Å²) in [6.45, 7) is 0.280. The van der Waals surface area contributed by atoms with Gasteiger partial charge in [0, 0.05) is 6.54 Å². The maximum atomic E-state index is 11.9. The summed E-state index contributed by atoms with van der Waals surface area (Å²) in [5, 5.41) is 8.96. The van der Waals surface area contributed by atoms with Gasteiger partial charge in [-0.25, -0.2) is 13.1 Å². The van der Waals surface area contributed by atoms with Crippen LogP contribution in [0.2, 0.25) is 0 Å². The minimum Gasteiger partial charge on any atom is -0.392 e. The zero-order chi connectivity index (χ0) is 12.7. The maximum Gasteiger partial charge on any atom is 0.240 e. The molecule has 0 fully saturated rings. The Bertz CT molecular complexity index is 446. The number of nitrogens with one attached hydrogen (secondary N) is 1. The van der Waals surface area contributed by atoms with Crippen LogP contribution in [0.3, 0.4) is 0 Å².